The van der Waals surface area contributed by atoms with Crippen LogP contribution in [0.3, 0.4) is 0 Å². The summed E-state index contributed by atoms with van der Waals surface area (Å²) in [6, 6.07) is 10.1. The van der Waals surface area contributed by atoms with E-state index in [-0.39, 0.29) is 5.91 Å². The van der Waals surface area contributed by atoms with Gasteiger partial charge in [-0.3, -0.25) is 4.79 Å². The van der Waals surface area contributed by atoms with Crippen LogP contribution in [0.4, 0.5) is 0 Å². The summed E-state index contributed by atoms with van der Waals surface area (Å²) in [5, 5.41) is 0. The van der Waals surface area contributed by atoms with Gasteiger partial charge in [0.2, 0.25) is 5.91 Å². The van der Waals surface area contributed by atoms with Gasteiger partial charge in [0.1, 0.15) is 0 Å². The van der Waals surface area contributed by atoms with Crippen LogP contribution in [0.1, 0.15) is 31.2 Å². The monoisotopic (exact) mass is 229 g/mol. The van der Waals surface area contributed by atoms with E-state index in [0.717, 1.165) is 31.5 Å². The predicted octanol–water partition coefficient (Wildman–Crippen LogP) is 3.10. The van der Waals surface area contributed by atoms with E-state index in [1.807, 2.05) is 47.4 Å². The zero-order chi connectivity index (χ0) is 11.9. The molecule has 90 valence electrons. The van der Waals surface area contributed by atoms with Crippen molar-refractivity contribution in [1.29, 1.82) is 0 Å². The van der Waals surface area contributed by atoms with Crippen LogP contribution < -0.4 is 0 Å². The van der Waals surface area contributed by atoms with E-state index >= 15 is 0 Å². The van der Waals surface area contributed by atoms with Gasteiger partial charge in [0, 0.05) is 19.5 Å². The summed E-state index contributed by atoms with van der Waals surface area (Å²) in [5.41, 5.74) is 1.15. The van der Waals surface area contributed by atoms with E-state index in [0.29, 0.717) is 6.42 Å². The molecule has 0 radical (unpaired) electrons. The number of benzene rings is 1. The highest BCUT2D eigenvalue weighted by Crippen LogP contribution is 2.10. The number of rotatable bonds is 3. The summed E-state index contributed by atoms with van der Waals surface area (Å²) < 4.78 is 0. The van der Waals surface area contributed by atoms with Crippen molar-refractivity contribution in [1.82, 2.24) is 4.90 Å². The first kappa shape index (κ1) is 11.9. The van der Waals surface area contributed by atoms with Crippen molar-refractivity contribution < 1.29 is 4.79 Å². The van der Waals surface area contributed by atoms with E-state index in [2.05, 4.69) is 0 Å². The highest BCUT2D eigenvalue weighted by Gasteiger charge is 2.14. The molecule has 0 N–H and O–H groups in total. The molecular weight excluding hydrogens is 210 g/mol. The first-order chi connectivity index (χ1) is 8.36. The number of carbonyl (C=O) groups excluding carboxylic acids is 1. The van der Waals surface area contributed by atoms with Crippen LogP contribution in [-0.4, -0.2) is 23.9 Å². The Balaban J connectivity index is 1.81. The van der Waals surface area contributed by atoms with Crippen molar-refractivity contribution in [3.05, 3.63) is 42.0 Å². The third kappa shape index (κ3) is 3.74. The smallest absolute Gasteiger partial charge is 0.226 e. The first-order valence-corrected chi connectivity index (χ1v) is 6.35. The molecular formula is C15H19NO. The molecule has 1 fully saturated rings. The second kappa shape index (κ2) is 6.24. The maximum Gasteiger partial charge on any atom is 0.226 e. The second-order valence-electron chi connectivity index (χ2n) is 4.46. The number of hydrogen-bond acceptors (Lipinski definition) is 1. The lowest BCUT2D eigenvalue weighted by Crippen LogP contribution is -2.35. The maximum absolute atomic E-state index is 11.9. The molecule has 1 aromatic rings. The molecule has 2 heteroatoms. The van der Waals surface area contributed by atoms with Crippen LogP contribution >= 0.6 is 0 Å². The van der Waals surface area contributed by atoms with Crippen molar-refractivity contribution in [2.24, 2.45) is 0 Å². The average molecular weight is 229 g/mol. The van der Waals surface area contributed by atoms with Gasteiger partial charge >= 0.3 is 0 Å². The van der Waals surface area contributed by atoms with Crippen molar-refractivity contribution in [3.8, 4) is 0 Å². The molecule has 1 aromatic carbocycles. The van der Waals surface area contributed by atoms with Crippen LogP contribution in [-0.2, 0) is 4.79 Å². The Bertz CT molecular complexity index is 377. The molecule has 17 heavy (non-hydrogen) atoms. The van der Waals surface area contributed by atoms with Gasteiger partial charge in [-0.1, -0.05) is 42.5 Å². The van der Waals surface area contributed by atoms with Gasteiger partial charge in [0.25, 0.3) is 0 Å². The first-order valence-electron chi connectivity index (χ1n) is 6.35. The summed E-state index contributed by atoms with van der Waals surface area (Å²) in [6.07, 6.45) is 8.09. The predicted molar refractivity (Wildman–Crippen MR) is 70.5 cm³/mol. The SMILES string of the molecule is O=C(C/C=C/c1ccccc1)N1CCCCC1. The van der Waals surface area contributed by atoms with Crippen molar-refractivity contribution in [3.63, 3.8) is 0 Å². The third-order valence-corrected chi connectivity index (χ3v) is 3.11. The van der Waals surface area contributed by atoms with Gasteiger partial charge in [-0.25, -0.2) is 0 Å². The quantitative estimate of drug-likeness (QED) is 0.780. The number of carbonyl (C=O) groups is 1. The summed E-state index contributed by atoms with van der Waals surface area (Å²) >= 11 is 0. The Morgan fingerprint density at radius 3 is 2.53 bits per heavy atom. The van der Waals surface area contributed by atoms with Gasteiger partial charge in [-0.05, 0) is 24.8 Å². The summed E-state index contributed by atoms with van der Waals surface area (Å²) in [5.74, 6) is 0.261. The minimum atomic E-state index is 0.261. The van der Waals surface area contributed by atoms with Gasteiger partial charge in [0.05, 0.1) is 0 Å². The number of amides is 1. The lowest BCUT2D eigenvalue weighted by atomic mass is 10.1. The van der Waals surface area contributed by atoms with E-state index in [9.17, 15) is 4.79 Å². The molecule has 0 spiro atoms. The molecule has 1 heterocycles. The topological polar surface area (TPSA) is 20.3 Å². The number of piperidine rings is 1. The highest BCUT2D eigenvalue weighted by atomic mass is 16.2. The lowest BCUT2D eigenvalue weighted by molar-refractivity contribution is -0.131. The fourth-order valence-electron chi connectivity index (χ4n) is 2.13. The molecule has 2 rings (SSSR count). The Kier molecular flexibility index (Phi) is 4.37. The molecule has 0 aliphatic carbocycles. The second-order valence-corrected chi connectivity index (χ2v) is 4.46. The minimum Gasteiger partial charge on any atom is -0.342 e. The third-order valence-electron chi connectivity index (χ3n) is 3.11. The van der Waals surface area contributed by atoms with Crippen molar-refractivity contribution in [2.75, 3.05) is 13.1 Å². The Morgan fingerprint density at radius 2 is 1.82 bits per heavy atom. The molecule has 1 aliphatic rings. The van der Waals surface area contributed by atoms with E-state index in [1.165, 1.54) is 6.42 Å². The highest BCUT2D eigenvalue weighted by molar-refractivity contribution is 5.78. The summed E-state index contributed by atoms with van der Waals surface area (Å²) in [4.78, 5) is 13.8. The molecule has 0 aromatic heterocycles. The molecule has 1 aliphatic heterocycles. The molecule has 0 saturated carbocycles. The fraction of sp³-hybridized carbons (Fsp3) is 0.400. The molecule has 1 amide bonds. The Morgan fingerprint density at radius 1 is 1.12 bits per heavy atom. The minimum absolute atomic E-state index is 0.261. The van der Waals surface area contributed by atoms with Gasteiger partial charge < -0.3 is 4.90 Å². The van der Waals surface area contributed by atoms with Crippen LogP contribution in [0, 0.1) is 0 Å². The summed E-state index contributed by atoms with van der Waals surface area (Å²) in [6.45, 7) is 1.88. The standard InChI is InChI=1S/C15H19NO/c17-15(16-12-5-2-6-13-16)11-7-10-14-8-3-1-4-9-14/h1,3-4,7-10H,2,5-6,11-13H2/b10-7+. The van der Waals surface area contributed by atoms with E-state index in [1.54, 1.807) is 0 Å². The Hall–Kier alpha value is -1.57. The van der Waals surface area contributed by atoms with E-state index < -0.39 is 0 Å². The largest absolute Gasteiger partial charge is 0.342 e. The molecule has 0 atom stereocenters. The van der Waals surface area contributed by atoms with Crippen LogP contribution in [0.5, 0.6) is 0 Å². The van der Waals surface area contributed by atoms with Gasteiger partial charge in [-0.2, -0.15) is 0 Å². The summed E-state index contributed by atoms with van der Waals surface area (Å²) in [7, 11) is 0. The number of hydrogen-bond donors (Lipinski definition) is 0. The molecule has 1 saturated heterocycles. The Labute approximate surface area is 103 Å². The number of nitrogens with zero attached hydrogens (tertiary/aromatic N) is 1. The zero-order valence-corrected chi connectivity index (χ0v) is 10.1. The van der Waals surface area contributed by atoms with Crippen molar-refractivity contribution >= 4 is 12.0 Å². The van der Waals surface area contributed by atoms with Crippen LogP contribution in [0.25, 0.3) is 6.08 Å². The average Bonchev–Trinajstić information content (AvgIpc) is 2.41. The maximum atomic E-state index is 11.9. The van der Waals surface area contributed by atoms with E-state index in [4.69, 9.17) is 0 Å². The molecule has 0 bridgehead atoms. The van der Waals surface area contributed by atoms with Crippen molar-refractivity contribution in [2.45, 2.75) is 25.7 Å². The zero-order valence-electron chi connectivity index (χ0n) is 10.1. The molecule has 2 nitrogen and oxygen atoms in total. The lowest BCUT2D eigenvalue weighted by Gasteiger charge is -2.26. The van der Waals surface area contributed by atoms with Crippen LogP contribution in [0.2, 0.25) is 0 Å². The fourth-order valence-corrected chi connectivity index (χ4v) is 2.13. The van der Waals surface area contributed by atoms with Crippen LogP contribution in [0.15, 0.2) is 36.4 Å². The van der Waals surface area contributed by atoms with Gasteiger partial charge in [-0.15, -0.1) is 0 Å². The normalized spacial score (nSPS) is 16.4. The van der Waals surface area contributed by atoms with Gasteiger partial charge in [0.15, 0.2) is 0 Å². The molecule has 0 unspecified atom stereocenters. The number of likely N-dealkylation sites (tertiary alicyclic amines) is 1.